The molecule has 4 aromatic rings. The van der Waals surface area contributed by atoms with Gasteiger partial charge in [0.05, 0.1) is 34.9 Å². The van der Waals surface area contributed by atoms with Crippen LogP contribution in [0.1, 0.15) is 37.1 Å². The van der Waals surface area contributed by atoms with Gasteiger partial charge in [0, 0.05) is 38.1 Å². The summed E-state index contributed by atoms with van der Waals surface area (Å²) in [6.07, 6.45) is 5.87. The molecule has 0 amide bonds. The summed E-state index contributed by atoms with van der Waals surface area (Å²) in [6, 6.07) is 2.15. The average Bonchev–Trinajstić information content (AvgIpc) is 3.49. The van der Waals surface area contributed by atoms with E-state index in [1.807, 2.05) is 30.8 Å². The Kier molecular flexibility index (Phi) is 4.91. The summed E-state index contributed by atoms with van der Waals surface area (Å²) in [6.45, 7) is 6.16. The van der Waals surface area contributed by atoms with E-state index in [4.69, 9.17) is 13.7 Å². The van der Waals surface area contributed by atoms with Gasteiger partial charge in [-0.15, -0.1) is 10.2 Å². The van der Waals surface area contributed by atoms with Crippen LogP contribution >= 0.6 is 0 Å². The third kappa shape index (κ3) is 3.54. The first-order chi connectivity index (χ1) is 14.7. The topological polar surface area (TPSA) is 117 Å². The molecule has 1 fully saturated rings. The molecule has 0 unspecified atom stereocenters. The van der Waals surface area contributed by atoms with Gasteiger partial charge in [0.15, 0.2) is 5.65 Å². The van der Waals surface area contributed by atoms with E-state index in [0.717, 1.165) is 60.6 Å². The number of aromatic nitrogens is 6. The van der Waals surface area contributed by atoms with Crippen molar-refractivity contribution in [1.29, 1.82) is 0 Å². The van der Waals surface area contributed by atoms with Crippen molar-refractivity contribution in [1.82, 2.24) is 30.1 Å². The summed E-state index contributed by atoms with van der Waals surface area (Å²) in [7, 11) is 0. The van der Waals surface area contributed by atoms with Gasteiger partial charge in [0.25, 0.3) is 5.89 Å². The lowest BCUT2D eigenvalue weighted by Crippen LogP contribution is -2.28. The highest BCUT2D eigenvalue weighted by Gasteiger charge is 2.22. The molecule has 156 valence electrons. The fourth-order valence-corrected chi connectivity index (χ4v) is 3.70. The second-order valence-corrected chi connectivity index (χ2v) is 7.39. The summed E-state index contributed by atoms with van der Waals surface area (Å²) >= 11 is 0. The number of aryl methyl sites for hydroxylation is 2. The lowest BCUT2D eigenvalue weighted by molar-refractivity contribution is 0.0905. The molecule has 1 N–H and O–H groups in total. The highest BCUT2D eigenvalue weighted by Crippen LogP contribution is 2.34. The molecule has 30 heavy (non-hydrogen) atoms. The Balaban J connectivity index is 1.52. The van der Waals surface area contributed by atoms with E-state index in [9.17, 15) is 0 Å². The molecule has 0 aliphatic carbocycles. The standard InChI is InChI=1S/C20H23N7O3/c1-3-27-19-15(11-22-27)18(23-13-4-6-28-7-5-13)16(10-21-19)20-25-24-17(29-20)9-14-8-12(2)26-30-14/h8,10-11,13H,3-7,9H2,1-2H3,(H,21,23). The van der Waals surface area contributed by atoms with Gasteiger partial charge in [0.2, 0.25) is 5.89 Å². The van der Waals surface area contributed by atoms with Crippen molar-refractivity contribution >= 4 is 16.7 Å². The minimum Gasteiger partial charge on any atom is -0.420 e. The normalized spacial score (nSPS) is 15.1. The summed E-state index contributed by atoms with van der Waals surface area (Å²) < 4.78 is 18.6. The Morgan fingerprint density at radius 1 is 1.20 bits per heavy atom. The van der Waals surface area contributed by atoms with Gasteiger partial charge in [-0.1, -0.05) is 5.16 Å². The Hall–Kier alpha value is -3.27. The van der Waals surface area contributed by atoms with Crippen LogP contribution in [0.4, 0.5) is 5.69 Å². The van der Waals surface area contributed by atoms with E-state index in [-0.39, 0.29) is 0 Å². The Morgan fingerprint density at radius 2 is 2.07 bits per heavy atom. The molecule has 0 radical (unpaired) electrons. The number of anilines is 1. The maximum Gasteiger partial charge on any atom is 0.251 e. The van der Waals surface area contributed by atoms with Crippen molar-refractivity contribution in [3.63, 3.8) is 0 Å². The molecule has 5 rings (SSSR count). The van der Waals surface area contributed by atoms with Gasteiger partial charge in [-0.25, -0.2) is 9.67 Å². The molecule has 0 saturated carbocycles. The maximum atomic E-state index is 5.95. The van der Waals surface area contributed by atoms with Gasteiger partial charge in [-0.05, 0) is 26.7 Å². The molecule has 1 aliphatic rings. The number of rotatable bonds is 6. The highest BCUT2D eigenvalue weighted by atomic mass is 16.5. The molecule has 10 heteroatoms. The molecule has 0 spiro atoms. The lowest BCUT2D eigenvalue weighted by atomic mass is 10.1. The van der Waals surface area contributed by atoms with Gasteiger partial charge in [0.1, 0.15) is 5.76 Å². The van der Waals surface area contributed by atoms with Crippen LogP contribution in [-0.2, 0) is 17.7 Å². The Bertz CT molecular complexity index is 1160. The van der Waals surface area contributed by atoms with Crippen molar-refractivity contribution in [2.45, 2.75) is 45.7 Å². The zero-order chi connectivity index (χ0) is 20.5. The van der Waals surface area contributed by atoms with E-state index in [2.05, 4.69) is 30.8 Å². The molecular weight excluding hydrogens is 386 g/mol. The highest BCUT2D eigenvalue weighted by molar-refractivity contribution is 5.96. The van der Waals surface area contributed by atoms with Crippen molar-refractivity contribution in [2.75, 3.05) is 18.5 Å². The zero-order valence-electron chi connectivity index (χ0n) is 17.0. The first-order valence-electron chi connectivity index (χ1n) is 10.1. The monoisotopic (exact) mass is 409 g/mol. The smallest absolute Gasteiger partial charge is 0.251 e. The zero-order valence-corrected chi connectivity index (χ0v) is 17.0. The van der Waals surface area contributed by atoms with Crippen LogP contribution in [0, 0.1) is 6.92 Å². The summed E-state index contributed by atoms with van der Waals surface area (Å²) in [5.41, 5.74) is 3.32. The van der Waals surface area contributed by atoms with Crippen LogP contribution < -0.4 is 5.32 Å². The molecule has 0 aromatic carbocycles. The van der Waals surface area contributed by atoms with E-state index >= 15 is 0 Å². The van der Waals surface area contributed by atoms with Gasteiger partial charge >= 0.3 is 0 Å². The van der Waals surface area contributed by atoms with Crippen LogP contribution in [0.25, 0.3) is 22.5 Å². The number of nitrogens with one attached hydrogen (secondary N) is 1. The minimum atomic E-state index is 0.299. The minimum absolute atomic E-state index is 0.299. The molecule has 1 saturated heterocycles. The summed E-state index contributed by atoms with van der Waals surface area (Å²) in [5, 5.41) is 21.4. The number of hydrogen-bond acceptors (Lipinski definition) is 9. The third-order valence-electron chi connectivity index (χ3n) is 5.23. The molecule has 1 aliphatic heterocycles. The van der Waals surface area contributed by atoms with Crippen molar-refractivity contribution in [3.05, 3.63) is 35.8 Å². The van der Waals surface area contributed by atoms with Gasteiger partial charge < -0.3 is 19.0 Å². The second kappa shape index (κ2) is 7.86. The fourth-order valence-electron chi connectivity index (χ4n) is 3.70. The molecule has 5 heterocycles. The lowest BCUT2D eigenvalue weighted by Gasteiger charge is -2.25. The number of pyridine rings is 1. The van der Waals surface area contributed by atoms with Crippen LogP contribution in [0.5, 0.6) is 0 Å². The largest absolute Gasteiger partial charge is 0.420 e. The van der Waals surface area contributed by atoms with Crippen molar-refractivity contribution < 1.29 is 13.7 Å². The van der Waals surface area contributed by atoms with E-state index in [0.29, 0.717) is 30.0 Å². The molecule has 0 bridgehead atoms. The maximum absolute atomic E-state index is 5.95. The Labute approximate surface area is 172 Å². The summed E-state index contributed by atoms with van der Waals surface area (Å²) in [4.78, 5) is 4.62. The number of fused-ring (bicyclic) bond motifs is 1. The number of hydrogen-bond donors (Lipinski definition) is 1. The molecular formula is C20H23N7O3. The van der Waals surface area contributed by atoms with Crippen LogP contribution in [0.15, 0.2) is 27.4 Å². The number of ether oxygens (including phenoxy) is 1. The van der Waals surface area contributed by atoms with Gasteiger partial charge in [-0.3, -0.25) is 0 Å². The van der Waals surface area contributed by atoms with Crippen LogP contribution in [-0.4, -0.2) is 49.4 Å². The average molecular weight is 409 g/mol. The van der Waals surface area contributed by atoms with E-state index in [1.54, 1.807) is 6.20 Å². The van der Waals surface area contributed by atoms with E-state index < -0.39 is 0 Å². The molecule has 4 aromatic heterocycles. The van der Waals surface area contributed by atoms with E-state index in [1.165, 1.54) is 0 Å². The Morgan fingerprint density at radius 3 is 2.83 bits per heavy atom. The predicted octanol–water partition coefficient (Wildman–Crippen LogP) is 2.98. The van der Waals surface area contributed by atoms with Crippen LogP contribution in [0.2, 0.25) is 0 Å². The van der Waals surface area contributed by atoms with Crippen molar-refractivity contribution in [3.8, 4) is 11.5 Å². The van der Waals surface area contributed by atoms with Gasteiger partial charge in [-0.2, -0.15) is 5.10 Å². The van der Waals surface area contributed by atoms with Crippen LogP contribution in [0.3, 0.4) is 0 Å². The second-order valence-electron chi connectivity index (χ2n) is 7.39. The first kappa shape index (κ1) is 18.7. The fraction of sp³-hybridized carbons (Fsp3) is 0.450. The summed E-state index contributed by atoms with van der Waals surface area (Å²) in [5.74, 6) is 1.55. The third-order valence-corrected chi connectivity index (χ3v) is 5.23. The molecule has 0 atom stereocenters. The number of nitrogens with zero attached hydrogens (tertiary/aromatic N) is 6. The quantitative estimate of drug-likeness (QED) is 0.513. The first-order valence-corrected chi connectivity index (χ1v) is 10.1. The SMILES string of the molecule is CCn1ncc2c(NC3CCOCC3)c(-c3nnc(Cc4cc(C)no4)o3)cnc21. The van der Waals surface area contributed by atoms with Crippen molar-refractivity contribution in [2.24, 2.45) is 0 Å². The molecule has 10 nitrogen and oxygen atoms in total. The predicted molar refractivity (Wildman–Crippen MR) is 108 cm³/mol.